The lowest BCUT2D eigenvalue weighted by atomic mass is 10.0. The molecule has 0 aliphatic carbocycles. The van der Waals surface area contributed by atoms with Crippen molar-refractivity contribution in [3.05, 3.63) is 23.8 Å². The van der Waals surface area contributed by atoms with Gasteiger partial charge in [-0.1, -0.05) is 6.07 Å². The zero-order valence-electron chi connectivity index (χ0n) is 9.61. The number of carbonyl (C=O) groups is 1. The topological polar surface area (TPSA) is 130 Å². The molecule has 0 aliphatic rings. The van der Waals surface area contributed by atoms with Gasteiger partial charge in [-0.25, -0.2) is 4.57 Å². The zero-order chi connectivity index (χ0) is 13.9. The first kappa shape index (κ1) is 14.7. The molecule has 1 rings (SSSR count). The minimum absolute atomic E-state index is 0.188. The largest absolute Gasteiger partial charge is 0.524 e. The Kier molecular flexibility index (Phi) is 4.48. The molecule has 0 spiro atoms. The molecule has 0 saturated heterocycles. The molecular formula is C10H14NO6P. The van der Waals surface area contributed by atoms with Crippen LogP contribution in [0.25, 0.3) is 0 Å². The summed E-state index contributed by atoms with van der Waals surface area (Å²) in [6, 6.07) is 3.23. The molecule has 1 aromatic rings. The summed E-state index contributed by atoms with van der Waals surface area (Å²) in [5.41, 5.74) is 6.08. The normalized spacial score (nSPS) is 13.1. The van der Waals surface area contributed by atoms with Crippen molar-refractivity contribution in [3.8, 4) is 11.5 Å². The predicted molar refractivity (Wildman–Crippen MR) is 63.1 cm³/mol. The van der Waals surface area contributed by atoms with Crippen LogP contribution < -0.4 is 10.3 Å². The molecule has 5 N–H and O–H groups in total. The van der Waals surface area contributed by atoms with E-state index in [1.165, 1.54) is 25.1 Å². The Morgan fingerprint density at radius 2 is 2.11 bits per heavy atom. The number of benzene rings is 1. The molecule has 0 unspecified atom stereocenters. The third kappa shape index (κ3) is 4.46. The molecule has 18 heavy (non-hydrogen) atoms. The minimum atomic E-state index is -4.75. The summed E-state index contributed by atoms with van der Waals surface area (Å²) in [5, 5.41) is 9.38. The zero-order valence-corrected chi connectivity index (χ0v) is 10.5. The molecule has 100 valence electrons. The minimum Gasteiger partial charge on any atom is -0.504 e. The lowest BCUT2D eigenvalue weighted by molar-refractivity contribution is -0.118. The average molecular weight is 275 g/mol. The third-order valence-corrected chi connectivity index (χ3v) is 2.65. The second-order valence-corrected chi connectivity index (χ2v) is 4.97. The molecule has 0 saturated carbocycles. The van der Waals surface area contributed by atoms with Crippen LogP contribution in [0.3, 0.4) is 0 Å². The van der Waals surface area contributed by atoms with Gasteiger partial charge < -0.3 is 15.4 Å². The molecule has 0 heterocycles. The van der Waals surface area contributed by atoms with E-state index in [9.17, 15) is 14.5 Å². The maximum Gasteiger partial charge on any atom is 0.524 e. The summed E-state index contributed by atoms with van der Waals surface area (Å²) in [6.07, 6.45) is 0.188. The number of nitrogens with two attached hydrogens (primary N) is 1. The highest BCUT2D eigenvalue weighted by molar-refractivity contribution is 7.46. The van der Waals surface area contributed by atoms with Gasteiger partial charge >= 0.3 is 7.82 Å². The smallest absolute Gasteiger partial charge is 0.504 e. The van der Waals surface area contributed by atoms with Crippen molar-refractivity contribution in [3.63, 3.8) is 0 Å². The van der Waals surface area contributed by atoms with Gasteiger partial charge in [-0.05, 0) is 31.0 Å². The van der Waals surface area contributed by atoms with E-state index in [1.807, 2.05) is 0 Å². The monoisotopic (exact) mass is 275 g/mol. The van der Waals surface area contributed by atoms with Gasteiger partial charge in [0.25, 0.3) is 0 Å². The number of phosphoric acid groups is 1. The molecule has 0 fully saturated rings. The second kappa shape index (κ2) is 5.49. The predicted octanol–water partition coefficient (Wildman–Crippen LogP) is 0.322. The summed E-state index contributed by atoms with van der Waals surface area (Å²) in [4.78, 5) is 28.3. The summed E-state index contributed by atoms with van der Waals surface area (Å²) < 4.78 is 15.0. The van der Waals surface area contributed by atoms with Crippen LogP contribution in [0.4, 0.5) is 0 Å². The Labute approximate surface area is 103 Å². The average Bonchev–Trinajstić information content (AvgIpc) is 2.20. The van der Waals surface area contributed by atoms with Gasteiger partial charge in [0.2, 0.25) is 0 Å². The maximum absolute atomic E-state index is 11.0. The van der Waals surface area contributed by atoms with Gasteiger partial charge in [-0.15, -0.1) is 0 Å². The summed E-state index contributed by atoms with van der Waals surface area (Å²) in [6.45, 7) is 1.35. The Bertz CT molecular complexity index is 497. The highest BCUT2D eigenvalue weighted by atomic mass is 31.2. The molecule has 0 aromatic heterocycles. The summed E-state index contributed by atoms with van der Waals surface area (Å²) in [5.74, 6) is -0.962. The van der Waals surface area contributed by atoms with Gasteiger partial charge in [-0.3, -0.25) is 14.6 Å². The van der Waals surface area contributed by atoms with Gasteiger partial charge in [0, 0.05) is 0 Å². The van der Waals surface area contributed by atoms with Gasteiger partial charge in [-0.2, -0.15) is 0 Å². The van der Waals surface area contributed by atoms with Crippen molar-refractivity contribution >= 4 is 13.6 Å². The van der Waals surface area contributed by atoms with Crippen molar-refractivity contribution in [1.29, 1.82) is 0 Å². The van der Waals surface area contributed by atoms with E-state index in [-0.39, 0.29) is 18.0 Å². The Hall–Kier alpha value is -1.40. The van der Waals surface area contributed by atoms with E-state index < -0.39 is 19.6 Å². The van der Waals surface area contributed by atoms with Crippen LogP contribution in [0.2, 0.25) is 0 Å². The Morgan fingerprint density at radius 3 is 2.61 bits per heavy atom. The van der Waals surface area contributed by atoms with Crippen LogP contribution >= 0.6 is 7.82 Å². The van der Waals surface area contributed by atoms with Crippen LogP contribution in [0, 0.1) is 0 Å². The first-order valence-electron chi connectivity index (χ1n) is 5.02. The number of phosphoric ester groups is 1. The van der Waals surface area contributed by atoms with E-state index in [0.29, 0.717) is 5.56 Å². The van der Waals surface area contributed by atoms with E-state index in [1.54, 1.807) is 0 Å². The Morgan fingerprint density at radius 1 is 1.50 bits per heavy atom. The molecule has 1 aromatic carbocycles. The van der Waals surface area contributed by atoms with Crippen LogP contribution in [0.1, 0.15) is 12.5 Å². The fraction of sp³-hybridized carbons (Fsp3) is 0.300. The van der Waals surface area contributed by atoms with Crippen LogP contribution in [-0.2, 0) is 15.8 Å². The van der Waals surface area contributed by atoms with E-state index in [2.05, 4.69) is 4.52 Å². The molecule has 0 radical (unpaired) electrons. The lowest BCUT2D eigenvalue weighted by Crippen LogP contribution is -2.30. The third-order valence-electron chi connectivity index (χ3n) is 2.22. The quantitative estimate of drug-likeness (QED) is 0.569. The van der Waals surface area contributed by atoms with Crippen molar-refractivity contribution in [2.24, 2.45) is 5.73 Å². The highest BCUT2D eigenvalue weighted by Crippen LogP contribution is 2.41. The van der Waals surface area contributed by atoms with Crippen molar-refractivity contribution in [1.82, 2.24) is 0 Å². The number of phenolic OH excluding ortho intramolecular Hbond substituents is 1. The Balaban J connectivity index is 2.94. The standard InChI is InChI=1S/C10H14NO6P/c1-6(12)8(11)4-7-2-3-9(13)10(5-7)17-18(14,15)16/h2-3,5,8,13H,4,11H2,1H3,(H2,14,15,16)/t8-/m0/s1. The number of hydrogen-bond acceptors (Lipinski definition) is 5. The fourth-order valence-electron chi connectivity index (χ4n) is 1.28. The first-order chi connectivity index (χ1) is 8.19. The fourth-order valence-corrected chi connectivity index (χ4v) is 1.69. The van der Waals surface area contributed by atoms with Crippen LogP contribution in [0.15, 0.2) is 18.2 Å². The van der Waals surface area contributed by atoms with Crippen molar-refractivity contribution < 1.29 is 28.8 Å². The van der Waals surface area contributed by atoms with Gasteiger partial charge in [0.1, 0.15) is 5.78 Å². The van der Waals surface area contributed by atoms with E-state index in [0.717, 1.165) is 0 Å². The number of ketones is 1. The lowest BCUT2D eigenvalue weighted by Gasteiger charge is -2.12. The van der Waals surface area contributed by atoms with Gasteiger partial charge in [0.05, 0.1) is 6.04 Å². The number of phenols is 1. The van der Waals surface area contributed by atoms with Crippen molar-refractivity contribution in [2.75, 3.05) is 0 Å². The van der Waals surface area contributed by atoms with Crippen LogP contribution in [-0.4, -0.2) is 26.7 Å². The van der Waals surface area contributed by atoms with E-state index in [4.69, 9.17) is 15.5 Å². The molecule has 1 atom stereocenters. The number of carbonyl (C=O) groups excluding carboxylic acids is 1. The molecule has 7 nitrogen and oxygen atoms in total. The van der Waals surface area contributed by atoms with E-state index >= 15 is 0 Å². The molecule has 0 amide bonds. The maximum atomic E-state index is 11.0. The second-order valence-electron chi connectivity index (χ2n) is 3.81. The number of Topliss-reactive ketones (excluding diaryl/α,β-unsaturated/α-hetero) is 1. The molecule has 8 heteroatoms. The molecule has 0 aliphatic heterocycles. The highest BCUT2D eigenvalue weighted by Gasteiger charge is 2.19. The molecule has 0 bridgehead atoms. The number of aromatic hydroxyl groups is 1. The SMILES string of the molecule is CC(=O)[C@@H](N)Cc1ccc(O)c(OP(=O)(O)O)c1. The van der Waals surface area contributed by atoms with Crippen molar-refractivity contribution in [2.45, 2.75) is 19.4 Å². The number of hydrogen-bond donors (Lipinski definition) is 4. The van der Waals surface area contributed by atoms with Gasteiger partial charge in [0.15, 0.2) is 11.5 Å². The molecular weight excluding hydrogens is 261 g/mol. The summed E-state index contributed by atoms with van der Waals surface area (Å²) >= 11 is 0. The summed E-state index contributed by atoms with van der Waals surface area (Å²) in [7, 11) is -4.75. The first-order valence-corrected chi connectivity index (χ1v) is 6.55. The van der Waals surface area contributed by atoms with Crippen LogP contribution in [0.5, 0.6) is 11.5 Å². The number of rotatable bonds is 5.